The summed E-state index contributed by atoms with van der Waals surface area (Å²) in [4.78, 5) is 4.81. The predicted molar refractivity (Wildman–Crippen MR) is 84.8 cm³/mol. The van der Waals surface area contributed by atoms with Gasteiger partial charge in [-0.1, -0.05) is 17.7 Å². The van der Waals surface area contributed by atoms with Crippen LogP contribution in [0.1, 0.15) is 18.4 Å². The molecule has 1 aromatic rings. The zero-order valence-electron chi connectivity index (χ0n) is 12.7. The molecule has 0 aliphatic carbocycles. The third-order valence-electron chi connectivity index (χ3n) is 3.96. The van der Waals surface area contributed by atoms with Crippen molar-refractivity contribution in [1.29, 1.82) is 0 Å². The number of likely N-dealkylation sites (N-methyl/N-ethyl adjacent to an activating group) is 1. The summed E-state index contributed by atoms with van der Waals surface area (Å²) in [6, 6.07) is 6.57. The van der Waals surface area contributed by atoms with Crippen LogP contribution >= 0.6 is 11.6 Å². The third-order valence-corrected chi connectivity index (χ3v) is 4.27. The van der Waals surface area contributed by atoms with E-state index in [9.17, 15) is 0 Å². The molecule has 3 nitrogen and oxygen atoms in total. The molecule has 0 N–H and O–H groups in total. The minimum atomic E-state index is 0.673. The Morgan fingerprint density at radius 3 is 2.95 bits per heavy atom. The lowest BCUT2D eigenvalue weighted by molar-refractivity contribution is 0.117. The van der Waals surface area contributed by atoms with E-state index in [-0.39, 0.29) is 0 Å². The molecule has 1 heterocycles. The minimum Gasteiger partial charge on any atom is -0.491 e. The highest BCUT2D eigenvalue weighted by Crippen LogP contribution is 2.25. The van der Waals surface area contributed by atoms with Crippen molar-refractivity contribution in [3.05, 3.63) is 28.8 Å². The Kier molecular flexibility index (Phi) is 5.70. The fourth-order valence-electron chi connectivity index (χ4n) is 2.66. The first-order chi connectivity index (χ1) is 9.56. The molecule has 1 saturated heterocycles. The maximum absolute atomic E-state index is 6.14. The van der Waals surface area contributed by atoms with Gasteiger partial charge in [0.2, 0.25) is 0 Å². The topological polar surface area (TPSA) is 15.7 Å². The highest BCUT2D eigenvalue weighted by Gasteiger charge is 2.20. The molecule has 1 atom stereocenters. The van der Waals surface area contributed by atoms with Gasteiger partial charge in [0.05, 0.1) is 5.02 Å². The quantitative estimate of drug-likeness (QED) is 0.830. The maximum atomic E-state index is 6.14. The molecule has 0 aromatic heterocycles. The molecule has 1 aliphatic heterocycles. The normalized spacial score (nSPS) is 20.4. The second-order valence-corrected chi connectivity index (χ2v) is 6.25. The van der Waals surface area contributed by atoms with Crippen LogP contribution in [0.2, 0.25) is 5.02 Å². The molecule has 0 bridgehead atoms. The summed E-state index contributed by atoms with van der Waals surface area (Å²) < 4.78 is 5.83. The van der Waals surface area contributed by atoms with Crippen LogP contribution in [-0.2, 0) is 0 Å². The van der Waals surface area contributed by atoms with E-state index in [1.54, 1.807) is 0 Å². The van der Waals surface area contributed by atoms with Crippen LogP contribution < -0.4 is 4.74 Å². The molecular formula is C16H25ClN2O. The van der Waals surface area contributed by atoms with Gasteiger partial charge < -0.3 is 9.64 Å². The van der Waals surface area contributed by atoms with Crippen molar-refractivity contribution in [2.75, 3.05) is 40.3 Å². The van der Waals surface area contributed by atoms with E-state index in [0.717, 1.165) is 18.8 Å². The van der Waals surface area contributed by atoms with Crippen LogP contribution in [0.15, 0.2) is 18.2 Å². The van der Waals surface area contributed by atoms with Crippen molar-refractivity contribution in [2.24, 2.45) is 0 Å². The molecular weight excluding hydrogens is 272 g/mol. The minimum absolute atomic E-state index is 0.673. The Bertz CT molecular complexity index is 436. The van der Waals surface area contributed by atoms with Gasteiger partial charge in [-0.15, -0.1) is 0 Å². The number of benzene rings is 1. The maximum Gasteiger partial charge on any atom is 0.138 e. The average molecular weight is 297 g/mol. The van der Waals surface area contributed by atoms with Crippen molar-refractivity contribution in [3.8, 4) is 5.75 Å². The van der Waals surface area contributed by atoms with Crippen LogP contribution in [0.5, 0.6) is 5.75 Å². The molecule has 4 heteroatoms. The second-order valence-electron chi connectivity index (χ2n) is 5.84. The standard InChI is InChI=1S/C16H25ClN2O/c1-13-6-7-15(17)16(11-13)20-10-9-19-8-4-5-14(12-19)18(2)3/h6-7,11,14H,4-5,8-10,12H2,1-3H3. The summed E-state index contributed by atoms with van der Waals surface area (Å²) in [5, 5.41) is 0.695. The first-order valence-electron chi connectivity index (χ1n) is 7.34. The lowest BCUT2D eigenvalue weighted by Crippen LogP contribution is -2.46. The van der Waals surface area contributed by atoms with Gasteiger partial charge in [0.25, 0.3) is 0 Å². The SMILES string of the molecule is Cc1ccc(Cl)c(OCCN2CCCC(N(C)C)C2)c1. The Balaban J connectivity index is 1.79. The first kappa shape index (κ1) is 15.6. The van der Waals surface area contributed by atoms with Crippen molar-refractivity contribution in [3.63, 3.8) is 0 Å². The van der Waals surface area contributed by atoms with Gasteiger partial charge >= 0.3 is 0 Å². The Labute approximate surface area is 127 Å². The lowest BCUT2D eigenvalue weighted by Gasteiger charge is -2.36. The van der Waals surface area contributed by atoms with Crippen molar-refractivity contribution in [2.45, 2.75) is 25.8 Å². The van der Waals surface area contributed by atoms with E-state index in [4.69, 9.17) is 16.3 Å². The van der Waals surface area contributed by atoms with Gasteiger partial charge in [0, 0.05) is 19.1 Å². The molecule has 0 radical (unpaired) electrons. The Morgan fingerprint density at radius 1 is 1.40 bits per heavy atom. The molecule has 1 unspecified atom stereocenters. The fourth-order valence-corrected chi connectivity index (χ4v) is 2.83. The summed E-state index contributed by atoms with van der Waals surface area (Å²) in [5.41, 5.74) is 1.18. The molecule has 1 aliphatic rings. The van der Waals surface area contributed by atoms with E-state index in [1.165, 1.54) is 24.9 Å². The van der Waals surface area contributed by atoms with Gasteiger partial charge in [-0.25, -0.2) is 0 Å². The van der Waals surface area contributed by atoms with Crippen molar-refractivity contribution in [1.82, 2.24) is 9.80 Å². The van der Waals surface area contributed by atoms with E-state index in [2.05, 4.69) is 30.8 Å². The van der Waals surface area contributed by atoms with Crippen molar-refractivity contribution < 1.29 is 4.74 Å². The molecule has 112 valence electrons. The summed E-state index contributed by atoms with van der Waals surface area (Å²) in [6.07, 6.45) is 2.57. The Morgan fingerprint density at radius 2 is 2.20 bits per heavy atom. The lowest BCUT2D eigenvalue weighted by atomic mass is 10.1. The summed E-state index contributed by atoms with van der Waals surface area (Å²) in [7, 11) is 4.33. The van der Waals surface area contributed by atoms with Crippen LogP contribution in [0.4, 0.5) is 0 Å². The van der Waals surface area contributed by atoms with Gasteiger partial charge in [-0.3, -0.25) is 4.90 Å². The van der Waals surface area contributed by atoms with E-state index in [1.807, 2.05) is 18.2 Å². The van der Waals surface area contributed by atoms with Crippen LogP contribution in [-0.4, -0.2) is 56.2 Å². The highest BCUT2D eigenvalue weighted by molar-refractivity contribution is 6.32. The first-order valence-corrected chi connectivity index (χ1v) is 7.72. The zero-order chi connectivity index (χ0) is 14.5. The summed E-state index contributed by atoms with van der Waals surface area (Å²) in [5.74, 6) is 0.799. The second kappa shape index (κ2) is 7.30. The number of rotatable bonds is 5. The van der Waals surface area contributed by atoms with Gasteiger partial charge in [-0.05, 0) is 58.1 Å². The average Bonchev–Trinajstić information content (AvgIpc) is 2.43. The van der Waals surface area contributed by atoms with Crippen LogP contribution in [0, 0.1) is 6.92 Å². The number of ether oxygens (including phenoxy) is 1. The number of likely N-dealkylation sites (tertiary alicyclic amines) is 1. The van der Waals surface area contributed by atoms with Gasteiger partial charge in [0.15, 0.2) is 0 Å². The van der Waals surface area contributed by atoms with Crippen LogP contribution in [0.25, 0.3) is 0 Å². The molecule has 1 fully saturated rings. The summed E-state index contributed by atoms with van der Waals surface area (Å²) >= 11 is 6.14. The van der Waals surface area contributed by atoms with E-state index in [0.29, 0.717) is 17.7 Å². The highest BCUT2D eigenvalue weighted by atomic mass is 35.5. The molecule has 1 aromatic carbocycles. The Hall–Kier alpha value is -0.770. The molecule has 2 rings (SSSR count). The molecule has 0 saturated carbocycles. The number of hydrogen-bond acceptors (Lipinski definition) is 3. The van der Waals surface area contributed by atoms with E-state index < -0.39 is 0 Å². The smallest absolute Gasteiger partial charge is 0.138 e. The number of nitrogens with zero attached hydrogens (tertiary/aromatic N) is 2. The monoisotopic (exact) mass is 296 g/mol. The molecule has 0 spiro atoms. The number of aryl methyl sites for hydroxylation is 1. The molecule has 0 amide bonds. The third kappa shape index (κ3) is 4.37. The van der Waals surface area contributed by atoms with E-state index >= 15 is 0 Å². The van der Waals surface area contributed by atoms with Crippen molar-refractivity contribution >= 4 is 11.6 Å². The number of halogens is 1. The number of hydrogen-bond donors (Lipinski definition) is 0. The largest absolute Gasteiger partial charge is 0.491 e. The number of piperidine rings is 1. The fraction of sp³-hybridized carbons (Fsp3) is 0.625. The van der Waals surface area contributed by atoms with Crippen LogP contribution in [0.3, 0.4) is 0 Å². The predicted octanol–water partition coefficient (Wildman–Crippen LogP) is 3.05. The zero-order valence-corrected chi connectivity index (χ0v) is 13.5. The van der Waals surface area contributed by atoms with Gasteiger partial charge in [0.1, 0.15) is 12.4 Å². The summed E-state index contributed by atoms with van der Waals surface area (Å²) in [6.45, 7) is 6.03. The van der Waals surface area contributed by atoms with Gasteiger partial charge in [-0.2, -0.15) is 0 Å². The molecule has 20 heavy (non-hydrogen) atoms.